The Morgan fingerprint density at radius 3 is 2.54 bits per heavy atom. The zero-order valence-electron chi connectivity index (χ0n) is 14.8. The predicted molar refractivity (Wildman–Crippen MR) is 100 cm³/mol. The van der Waals surface area contributed by atoms with Crippen LogP contribution in [0.3, 0.4) is 0 Å². The molecular weight excluding hydrogens is 376 g/mol. The molecule has 0 fully saturated rings. The van der Waals surface area contributed by atoms with E-state index >= 15 is 0 Å². The van der Waals surface area contributed by atoms with E-state index in [0.29, 0.717) is 29.6 Å². The van der Waals surface area contributed by atoms with E-state index in [4.69, 9.17) is 11.6 Å². The number of rotatable bonds is 8. The molecule has 0 saturated heterocycles. The van der Waals surface area contributed by atoms with Crippen LogP contribution >= 0.6 is 11.8 Å². The van der Waals surface area contributed by atoms with E-state index in [1.54, 1.807) is 32.9 Å². The van der Waals surface area contributed by atoms with Crippen LogP contribution in [-0.2, 0) is 14.8 Å². The van der Waals surface area contributed by atoms with Gasteiger partial charge in [-0.05, 0) is 19.1 Å². The van der Waals surface area contributed by atoms with Gasteiger partial charge in [-0.1, -0.05) is 37.7 Å². The Balaban J connectivity index is 2.40. The lowest BCUT2D eigenvalue weighted by Gasteiger charge is -2.18. The van der Waals surface area contributed by atoms with Gasteiger partial charge in [-0.3, -0.25) is 4.79 Å². The molecule has 0 unspecified atom stereocenters. The van der Waals surface area contributed by atoms with Crippen molar-refractivity contribution in [2.24, 2.45) is 5.73 Å². The molecule has 0 bridgehead atoms. The van der Waals surface area contributed by atoms with Crippen LogP contribution in [0, 0.1) is 0 Å². The van der Waals surface area contributed by atoms with E-state index in [2.05, 4.69) is 10.2 Å². The van der Waals surface area contributed by atoms with Gasteiger partial charge in [0.25, 0.3) is 0 Å². The Hall–Kier alpha value is -2.11. The minimum absolute atomic E-state index is 0.154. The van der Waals surface area contributed by atoms with Crippen LogP contribution in [0.4, 0.5) is 0 Å². The minimum Gasteiger partial charge on any atom is -0.369 e. The van der Waals surface area contributed by atoms with Crippen molar-refractivity contribution < 1.29 is 13.2 Å². The molecule has 4 N–H and O–H groups in total. The SMILES string of the molecule is CCN(CC)S(=O)(=O)c1cccc(-c2nnc(S[C@H](C)C(N)=O)n2N)c1. The van der Waals surface area contributed by atoms with Crippen LogP contribution in [-0.4, -0.2) is 51.8 Å². The number of carbonyl (C=O) groups is 1. The number of primary amides is 1. The molecule has 0 aliphatic heterocycles. The lowest BCUT2D eigenvalue weighted by Crippen LogP contribution is -2.30. The molecule has 1 heterocycles. The highest BCUT2D eigenvalue weighted by Gasteiger charge is 2.23. The van der Waals surface area contributed by atoms with Crippen molar-refractivity contribution in [1.82, 2.24) is 19.2 Å². The van der Waals surface area contributed by atoms with Crippen molar-refractivity contribution >= 4 is 27.7 Å². The van der Waals surface area contributed by atoms with Gasteiger partial charge >= 0.3 is 0 Å². The molecule has 0 saturated carbocycles. The number of aromatic nitrogens is 3. The maximum Gasteiger partial charge on any atom is 0.243 e. The van der Waals surface area contributed by atoms with Crippen LogP contribution < -0.4 is 11.6 Å². The second-order valence-corrected chi connectivity index (χ2v) is 8.70. The van der Waals surface area contributed by atoms with Gasteiger partial charge in [-0.25, -0.2) is 13.1 Å². The molecule has 0 aliphatic rings. The normalized spacial score (nSPS) is 13.1. The van der Waals surface area contributed by atoms with Crippen LogP contribution in [0.2, 0.25) is 0 Å². The van der Waals surface area contributed by atoms with Gasteiger partial charge in [-0.2, -0.15) is 4.31 Å². The number of hydrogen-bond acceptors (Lipinski definition) is 7. The molecule has 2 aromatic rings. The third-order valence-electron chi connectivity index (χ3n) is 3.78. The summed E-state index contributed by atoms with van der Waals surface area (Å²) in [5.41, 5.74) is 5.75. The third-order valence-corrected chi connectivity index (χ3v) is 6.90. The summed E-state index contributed by atoms with van der Waals surface area (Å²) in [6.45, 7) is 5.96. The standard InChI is InChI=1S/C15H22N6O3S2/c1-4-20(5-2)26(23,24)12-8-6-7-11(9-12)14-18-19-15(21(14)17)25-10(3)13(16)22/h6-10H,4-5,17H2,1-3H3,(H2,16,22)/t10-/m1/s1. The molecule has 26 heavy (non-hydrogen) atoms. The number of hydrogen-bond donors (Lipinski definition) is 2. The highest BCUT2D eigenvalue weighted by molar-refractivity contribution is 8.00. The number of carbonyl (C=O) groups excluding carboxylic acids is 1. The minimum atomic E-state index is -3.60. The lowest BCUT2D eigenvalue weighted by molar-refractivity contribution is -0.117. The van der Waals surface area contributed by atoms with E-state index in [9.17, 15) is 13.2 Å². The molecule has 0 spiro atoms. The molecule has 1 aromatic heterocycles. The van der Waals surface area contributed by atoms with E-state index in [0.717, 1.165) is 11.8 Å². The molecule has 1 aromatic carbocycles. The first-order chi connectivity index (χ1) is 12.2. The van der Waals surface area contributed by atoms with Crippen molar-refractivity contribution in [3.63, 3.8) is 0 Å². The molecule has 9 nitrogen and oxygen atoms in total. The summed E-state index contributed by atoms with van der Waals surface area (Å²) in [7, 11) is -3.60. The number of sulfonamides is 1. The van der Waals surface area contributed by atoms with Crippen LogP contribution in [0.1, 0.15) is 20.8 Å². The fourth-order valence-electron chi connectivity index (χ4n) is 2.28. The molecule has 11 heteroatoms. The first-order valence-electron chi connectivity index (χ1n) is 7.99. The summed E-state index contributed by atoms with van der Waals surface area (Å²) in [5, 5.41) is 7.75. The average Bonchev–Trinajstić information content (AvgIpc) is 2.96. The van der Waals surface area contributed by atoms with E-state index < -0.39 is 21.2 Å². The van der Waals surface area contributed by atoms with Crippen molar-refractivity contribution in [3.05, 3.63) is 24.3 Å². The highest BCUT2D eigenvalue weighted by Crippen LogP contribution is 2.26. The molecule has 0 radical (unpaired) electrons. The van der Waals surface area contributed by atoms with E-state index in [-0.39, 0.29) is 4.90 Å². The number of amides is 1. The molecule has 0 aliphatic carbocycles. The summed E-state index contributed by atoms with van der Waals surface area (Å²) < 4.78 is 28.0. The van der Waals surface area contributed by atoms with Crippen LogP contribution in [0.5, 0.6) is 0 Å². The number of benzene rings is 1. The number of nitrogens with zero attached hydrogens (tertiary/aromatic N) is 4. The van der Waals surface area contributed by atoms with Gasteiger partial charge < -0.3 is 11.6 Å². The Labute approximate surface area is 156 Å². The molecule has 1 atom stereocenters. The van der Waals surface area contributed by atoms with Gasteiger partial charge in [0.05, 0.1) is 10.1 Å². The number of nitrogens with two attached hydrogens (primary N) is 2. The topological polar surface area (TPSA) is 137 Å². The summed E-state index contributed by atoms with van der Waals surface area (Å²) in [4.78, 5) is 11.4. The summed E-state index contributed by atoms with van der Waals surface area (Å²) in [5.74, 6) is 5.81. The zero-order chi connectivity index (χ0) is 19.5. The summed E-state index contributed by atoms with van der Waals surface area (Å²) in [6.07, 6.45) is 0. The third kappa shape index (κ3) is 4.00. The first-order valence-corrected chi connectivity index (χ1v) is 10.3. The number of nitrogen functional groups attached to an aromatic ring is 1. The Kier molecular flexibility index (Phi) is 6.26. The summed E-state index contributed by atoms with van der Waals surface area (Å²) in [6, 6.07) is 6.35. The van der Waals surface area contributed by atoms with Crippen molar-refractivity contribution in [2.75, 3.05) is 18.9 Å². The molecule has 1 amide bonds. The fraction of sp³-hybridized carbons (Fsp3) is 0.400. The Bertz CT molecular complexity index is 893. The van der Waals surface area contributed by atoms with Gasteiger partial charge in [0.15, 0.2) is 5.82 Å². The van der Waals surface area contributed by atoms with Crippen molar-refractivity contribution in [2.45, 2.75) is 36.1 Å². The van der Waals surface area contributed by atoms with E-state index in [1.165, 1.54) is 21.1 Å². The second kappa shape index (κ2) is 8.06. The molecular formula is C15H22N6O3S2. The average molecular weight is 399 g/mol. The molecule has 142 valence electrons. The largest absolute Gasteiger partial charge is 0.369 e. The number of thioether (sulfide) groups is 1. The molecule has 2 rings (SSSR count). The van der Waals surface area contributed by atoms with Crippen molar-refractivity contribution in [3.8, 4) is 11.4 Å². The summed E-state index contributed by atoms with van der Waals surface area (Å²) >= 11 is 1.08. The quantitative estimate of drug-likeness (QED) is 0.492. The maximum atomic E-state index is 12.7. The Morgan fingerprint density at radius 2 is 1.96 bits per heavy atom. The van der Waals surface area contributed by atoms with Gasteiger partial charge in [-0.15, -0.1) is 10.2 Å². The van der Waals surface area contributed by atoms with Gasteiger partial charge in [0.1, 0.15) is 0 Å². The van der Waals surface area contributed by atoms with E-state index in [1.807, 2.05) is 0 Å². The van der Waals surface area contributed by atoms with Crippen LogP contribution in [0.15, 0.2) is 34.3 Å². The zero-order valence-corrected chi connectivity index (χ0v) is 16.4. The van der Waals surface area contributed by atoms with Crippen molar-refractivity contribution in [1.29, 1.82) is 0 Å². The van der Waals surface area contributed by atoms with Crippen LogP contribution in [0.25, 0.3) is 11.4 Å². The smallest absolute Gasteiger partial charge is 0.243 e. The predicted octanol–water partition coefficient (Wildman–Crippen LogP) is 0.655. The maximum absolute atomic E-state index is 12.7. The monoisotopic (exact) mass is 398 g/mol. The second-order valence-electron chi connectivity index (χ2n) is 5.46. The van der Waals surface area contributed by atoms with Gasteiger partial charge in [0, 0.05) is 18.7 Å². The lowest BCUT2D eigenvalue weighted by atomic mass is 10.2. The first kappa shape index (κ1) is 20.2. The highest BCUT2D eigenvalue weighted by atomic mass is 32.2. The van der Waals surface area contributed by atoms with Gasteiger partial charge in [0.2, 0.25) is 21.1 Å². The Morgan fingerprint density at radius 1 is 1.31 bits per heavy atom. The fourth-order valence-corrected chi connectivity index (χ4v) is 4.50.